The third kappa shape index (κ3) is 7.41. The van der Waals surface area contributed by atoms with E-state index in [0.29, 0.717) is 24.0 Å². The average Bonchev–Trinajstić information content (AvgIpc) is 2.41. The molecule has 0 aliphatic carbocycles. The summed E-state index contributed by atoms with van der Waals surface area (Å²) < 4.78 is 10.7. The second kappa shape index (κ2) is 9.41. The Morgan fingerprint density at radius 2 is 2.05 bits per heavy atom. The van der Waals surface area contributed by atoms with Gasteiger partial charge in [0.1, 0.15) is 6.61 Å². The Labute approximate surface area is 149 Å². The van der Waals surface area contributed by atoms with Gasteiger partial charge in [0, 0.05) is 5.54 Å². The number of rotatable bonds is 5. The largest absolute Gasteiger partial charge is 0.493 e. The Morgan fingerprint density at radius 1 is 1.36 bits per heavy atom. The SMILES string of the molecule is C#CCOc1cc(CN=C(N)NC(C)(C)C)ccc1OC.I. The molecule has 6 heteroatoms. The van der Waals surface area contributed by atoms with Gasteiger partial charge in [-0.3, -0.25) is 0 Å². The van der Waals surface area contributed by atoms with Crippen molar-refractivity contribution in [3.8, 4) is 23.8 Å². The smallest absolute Gasteiger partial charge is 0.189 e. The Morgan fingerprint density at radius 3 is 2.59 bits per heavy atom. The zero-order valence-electron chi connectivity index (χ0n) is 13.5. The fraction of sp³-hybridized carbons (Fsp3) is 0.438. The first kappa shape index (κ1) is 20.4. The van der Waals surface area contributed by atoms with Gasteiger partial charge in [0.2, 0.25) is 0 Å². The standard InChI is InChI=1S/C16H23N3O2.HI/c1-6-9-21-14-10-12(7-8-13(14)20-5)11-18-15(17)19-16(2,3)4;/h1,7-8,10H,9,11H2,2-5H3,(H3,17,18,19);1H. The van der Waals surface area contributed by atoms with E-state index in [-0.39, 0.29) is 36.1 Å². The van der Waals surface area contributed by atoms with Crippen LogP contribution in [0.2, 0.25) is 0 Å². The summed E-state index contributed by atoms with van der Waals surface area (Å²) in [6.45, 7) is 6.71. The molecular formula is C16H24IN3O2. The molecule has 0 heterocycles. The van der Waals surface area contributed by atoms with Crippen molar-refractivity contribution in [3.05, 3.63) is 23.8 Å². The lowest BCUT2D eigenvalue weighted by Crippen LogP contribution is -2.44. The molecule has 0 bridgehead atoms. The summed E-state index contributed by atoms with van der Waals surface area (Å²) in [5, 5.41) is 3.11. The molecule has 0 atom stereocenters. The second-order valence-electron chi connectivity index (χ2n) is 5.55. The van der Waals surface area contributed by atoms with Gasteiger partial charge in [-0.15, -0.1) is 30.4 Å². The normalized spacial score (nSPS) is 11.1. The first-order chi connectivity index (χ1) is 9.85. The van der Waals surface area contributed by atoms with E-state index >= 15 is 0 Å². The van der Waals surface area contributed by atoms with Gasteiger partial charge in [0.15, 0.2) is 17.5 Å². The van der Waals surface area contributed by atoms with Crippen molar-refractivity contribution in [1.82, 2.24) is 5.32 Å². The number of methoxy groups -OCH3 is 1. The third-order valence-electron chi connectivity index (χ3n) is 2.47. The summed E-state index contributed by atoms with van der Waals surface area (Å²) >= 11 is 0. The summed E-state index contributed by atoms with van der Waals surface area (Å²) in [4.78, 5) is 4.30. The van der Waals surface area contributed by atoms with Crippen molar-refractivity contribution in [2.24, 2.45) is 10.7 Å². The number of terminal acetylenes is 1. The molecule has 0 amide bonds. The van der Waals surface area contributed by atoms with E-state index in [2.05, 4.69) is 16.2 Å². The van der Waals surface area contributed by atoms with E-state index in [1.165, 1.54) is 0 Å². The molecule has 0 unspecified atom stereocenters. The van der Waals surface area contributed by atoms with Crippen LogP contribution in [0.25, 0.3) is 0 Å². The predicted molar refractivity (Wildman–Crippen MR) is 101 cm³/mol. The van der Waals surface area contributed by atoms with Crippen molar-refractivity contribution in [2.75, 3.05) is 13.7 Å². The van der Waals surface area contributed by atoms with E-state index in [4.69, 9.17) is 21.6 Å². The molecule has 3 N–H and O–H groups in total. The van der Waals surface area contributed by atoms with Gasteiger partial charge in [-0.25, -0.2) is 4.99 Å². The second-order valence-corrected chi connectivity index (χ2v) is 5.55. The van der Waals surface area contributed by atoms with E-state index in [1.54, 1.807) is 7.11 Å². The number of aliphatic imine (C=N–C) groups is 1. The number of nitrogens with two attached hydrogens (primary N) is 1. The van der Waals surface area contributed by atoms with Crippen LogP contribution >= 0.6 is 24.0 Å². The Bertz CT molecular complexity index is 545. The van der Waals surface area contributed by atoms with Gasteiger partial charge in [-0.2, -0.15) is 0 Å². The van der Waals surface area contributed by atoms with Gasteiger partial charge in [-0.05, 0) is 38.5 Å². The number of nitrogens with one attached hydrogen (secondary N) is 1. The minimum Gasteiger partial charge on any atom is -0.493 e. The molecular weight excluding hydrogens is 393 g/mol. The molecule has 0 fully saturated rings. The number of hydrogen-bond donors (Lipinski definition) is 2. The maximum atomic E-state index is 5.84. The molecule has 0 saturated heterocycles. The van der Waals surface area contributed by atoms with Crippen LogP contribution in [-0.2, 0) is 6.54 Å². The van der Waals surface area contributed by atoms with Crippen LogP contribution in [0.1, 0.15) is 26.3 Å². The van der Waals surface area contributed by atoms with Crippen LogP contribution in [0.4, 0.5) is 0 Å². The summed E-state index contributed by atoms with van der Waals surface area (Å²) in [5.74, 6) is 4.07. The zero-order valence-corrected chi connectivity index (χ0v) is 15.8. The van der Waals surface area contributed by atoms with E-state index in [9.17, 15) is 0 Å². The maximum Gasteiger partial charge on any atom is 0.189 e. The predicted octanol–water partition coefficient (Wildman–Crippen LogP) is 2.53. The molecule has 0 saturated carbocycles. The maximum absolute atomic E-state index is 5.84. The van der Waals surface area contributed by atoms with E-state index < -0.39 is 0 Å². The number of benzene rings is 1. The highest BCUT2D eigenvalue weighted by Crippen LogP contribution is 2.28. The molecule has 1 rings (SSSR count). The minimum absolute atomic E-state index is 0. The molecule has 1 aromatic carbocycles. The van der Waals surface area contributed by atoms with Crippen LogP contribution in [0.3, 0.4) is 0 Å². The topological polar surface area (TPSA) is 68.9 Å². The number of guanidine groups is 1. The minimum atomic E-state index is -0.117. The first-order valence-electron chi connectivity index (χ1n) is 6.67. The van der Waals surface area contributed by atoms with E-state index in [1.807, 2.05) is 39.0 Å². The number of ether oxygens (including phenoxy) is 2. The van der Waals surface area contributed by atoms with Crippen molar-refractivity contribution in [1.29, 1.82) is 0 Å². The fourth-order valence-corrected chi connectivity index (χ4v) is 1.65. The van der Waals surface area contributed by atoms with Crippen LogP contribution in [0, 0.1) is 12.3 Å². The van der Waals surface area contributed by atoms with Crippen molar-refractivity contribution < 1.29 is 9.47 Å². The quantitative estimate of drug-likeness (QED) is 0.335. The van der Waals surface area contributed by atoms with Gasteiger partial charge in [-0.1, -0.05) is 12.0 Å². The Kier molecular flexibility index (Phi) is 8.72. The molecule has 0 aliphatic heterocycles. The van der Waals surface area contributed by atoms with Crippen LogP contribution in [-0.4, -0.2) is 25.2 Å². The number of nitrogens with zero attached hydrogens (tertiary/aromatic N) is 1. The average molecular weight is 417 g/mol. The van der Waals surface area contributed by atoms with Crippen molar-refractivity contribution in [2.45, 2.75) is 32.9 Å². The van der Waals surface area contributed by atoms with Gasteiger partial charge in [0.05, 0.1) is 13.7 Å². The summed E-state index contributed by atoms with van der Waals surface area (Å²) in [6.07, 6.45) is 5.20. The first-order valence-corrected chi connectivity index (χ1v) is 6.67. The molecule has 0 aliphatic rings. The van der Waals surface area contributed by atoms with Gasteiger partial charge >= 0.3 is 0 Å². The van der Waals surface area contributed by atoms with Crippen LogP contribution in [0.5, 0.6) is 11.5 Å². The molecule has 0 aromatic heterocycles. The lowest BCUT2D eigenvalue weighted by molar-refractivity contribution is 0.330. The highest BCUT2D eigenvalue weighted by molar-refractivity contribution is 14.0. The number of hydrogen-bond acceptors (Lipinski definition) is 3. The third-order valence-corrected chi connectivity index (χ3v) is 2.47. The molecule has 5 nitrogen and oxygen atoms in total. The fourth-order valence-electron chi connectivity index (χ4n) is 1.65. The zero-order chi connectivity index (χ0) is 15.9. The van der Waals surface area contributed by atoms with Crippen molar-refractivity contribution in [3.63, 3.8) is 0 Å². The monoisotopic (exact) mass is 417 g/mol. The highest BCUT2D eigenvalue weighted by atomic mass is 127. The van der Waals surface area contributed by atoms with Gasteiger partial charge in [0.25, 0.3) is 0 Å². The van der Waals surface area contributed by atoms with Crippen molar-refractivity contribution >= 4 is 29.9 Å². The van der Waals surface area contributed by atoms with Gasteiger partial charge < -0.3 is 20.5 Å². The molecule has 22 heavy (non-hydrogen) atoms. The highest BCUT2D eigenvalue weighted by Gasteiger charge is 2.10. The molecule has 122 valence electrons. The molecule has 1 aromatic rings. The Hall–Kier alpha value is -1.62. The van der Waals surface area contributed by atoms with Crippen LogP contribution < -0.4 is 20.5 Å². The summed E-state index contributed by atoms with van der Waals surface area (Å²) in [6, 6.07) is 5.59. The summed E-state index contributed by atoms with van der Waals surface area (Å²) in [5.41, 5.74) is 6.68. The molecule has 0 spiro atoms. The summed E-state index contributed by atoms with van der Waals surface area (Å²) in [7, 11) is 1.58. The lowest BCUT2D eigenvalue weighted by Gasteiger charge is -2.21. The number of halogens is 1. The lowest BCUT2D eigenvalue weighted by atomic mass is 10.1. The Balaban J connectivity index is 0.00000441. The molecule has 0 radical (unpaired) electrons. The van der Waals surface area contributed by atoms with Crippen LogP contribution in [0.15, 0.2) is 23.2 Å². The van der Waals surface area contributed by atoms with E-state index in [0.717, 1.165) is 5.56 Å².